The van der Waals surface area contributed by atoms with E-state index in [2.05, 4.69) is 44.8 Å². The number of nitrogens with two attached hydrogens (primary N) is 1. The smallest absolute Gasteiger partial charge is 0.267 e. The second kappa shape index (κ2) is 7.46. The van der Waals surface area contributed by atoms with Crippen LogP contribution in [0.1, 0.15) is 28.2 Å². The maximum atomic E-state index is 12.9. The number of fused-ring (bicyclic) bond motifs is 4. The normalized spacial score (nSPS) is 20.2. The zero-order chi connectivity index (χ0) is 21.8. The van der Waals surface area contributed by atoms with Gasteiger partial charge in [0, 0.05) is 47.6 Å². The minimum absolute atomic E-state index is 0.199. The molecule has 7 heteroatoms. The van der Waals surface area contributed by atoms with E-state index in [0.29, 0.717) is 22.6 Å². The number of anilines is 3. The Kier molecular flexibility index (Phi) is 4.55. The number of rotatable bonds is 3. The van der Waals surface area contributed by atoms with Gasteiger partial charge in [0.15, 0.2) is 0 Å². The topological polar surface area (TPSA) is 83.3 Å². The molecule has 1 amide bonds. The lowest BCUT2D eigenvalue weighted by atomic mass is 10.1. The Labute approximate surface area is 190 Å². The first-order valence-electron chi connectivity index (χ1n) is 11.1. The molecule has 2 aromatic heterocycles. The summed E-state index contributed by atoms with van der Waals surface area (Å²) >= 11 is 1.33. The number of nitrogen functional groups attached to an aromatic ring is 1. The molecule has 2 unspecified atom stereocenters. The Morgan fingerprint density at radius 3 is 2.66 bits per heavy atom. The van der Waals surface area contributed by atoms with Gasteiger partial charge in [-0.3, -0.25) is 4.79 Å². The van der Waals surface area contributed by atoms with Gasteiger partial charge in [-0.25, -0.2) is 4.98 Å². The largest absolute Gasteiger partial charge is 0.397 e. The van der Waals surface area contributed by atoms with E-state index < -0.39 is 0 Å². The third-order valence-electron chi connectivity index (χ3n) is 6.60. The molecular formula is C25H25N5OS. The SMILES string of the molecule is Cc1ccc2c(N)c(C(=O)Nc3ccc4cc(N5CC6CCC(C5)N6)ccc4c3)sc2n1. The molecule has 4 N–H and O–H groups in total. The summed E-state index contributed by atoms with van der Waals surface area (Å²) in [6.07, 6.45) is 2.55. The van der Waals surface area contributed by atoms with Gasteiger partial charge in [-0.2, -0.15) is 0 Å². The number of aryl methyl sites for hydroxylation is 1. The lowest BCUT2D eigenvalue weighted by molar-refractivity contribution is 0.103. The average molecular weight is 444 g/mol. The Morgan fingerprint density at radius 1 is 1.09 bits per heavy atom. The summed E-state index contributed by atoms with van der Waals surface area (Å²) in [4.78, 5) is 21.2. The molecule has 162 valence electrons. The molecule has 2 fully saturated rings. The van der Waals surface area contributed by atoms with Gasteiger partial charge >= 0.3 is 0 Å². The van der Waals surface area contributed by atoms with E-state index in [1.807, 2.05) is 31.2 Å². The predicted molar refractivity (Wildman–Crippen MR) is 133 cm³/mol. The van der Waals surface area contributed by atoms with Crippen LogP contribution in [-0.4, -0.2) is 36.1 Å². The number of pyridine rings is 1. The number of carbonyl (C=O) groups excluding carboxylic acids is 1. The summed E-state index contributed by atoms with van der Waals surface area (Å²) in [5.74, 6) is -0.199. The molecule has 0 radical (unpaired) electrons. The van der Waals surface area contributed by atoms with Crippen LogP contribution in [0.15, 0.2) is 48.5 Å². The lowest BCUT2D eigenvalue weighted by Gasteiger charge is -2.34. The highest BCUT2D eigenvalue weighted by Gasteiger charge is 2.32. The molecule has 6 nitrogen and oxygen atoms in total. The third-order valence-corrected chi connectivity index (χ3v) is 7.72. The molecule has 2 aliphatic heterocycles. The first-order valence-corrected chi connectivity index (χ1v) is 11.9. The standard InChI is InChI=1S/C25H25N5OS/c1-14-2-9-21-22(26)23(32-25(21)27-14)24(31)29-17-5-3-16-11-20(8-4-15(16)10-17)30-12-18-6-7-19(13-30)28-18/h2-5,8-11,18-19,28H,6-7,12-13,26H2,1H3,(H,29,31). The number of benzene rings is 2. The van der Waals surface area contributed by atoms with Crippen molar-refractivity contribution in [1.82, 2.24) is 10.3 Å². The fourth-order valence-electron chi connectivity index (χ4n) is 4.96. The predicted octanol–water partition coefficient (Wildman–Crippen LogP) is 4.53. The van der Waals surface area contributed by atoms with Gasteiger partial charge in [0.05, 0.1) is 5.69 Å². The summed E-state index contributed by atoms with van der Waals surface area (Å²) in [5, 5.41) is 9.81. The highest BCUT2D eigenvalue weighted by Crippen LogP contribution is 2.34. The average Bonchev–Trinajstić information content (AvgIpc) is 3.30. The van der Waals surface area contributed by atoms with Crippen molar-refractivity contribution >= 4 is 55.3 Å². The Bertz CT molecular complexity index is 1350. The third kappa shape index (κ3) is 3.38. The molecule has 2 atom stereocenters. The number of aromatic nitrogens is 1. The molecule has 0 spiro atoms. The van der Waals surface area contributed by atoms with Crippen molar-refractivity contribution < 1.29 is 4.79 Å². The first-order chi connectivity index (χ1) is 15.5. The summed E-state index contributed by atoms with van der Waals surface area (Å²) in [6, 6.07) is 17.7. The Morgan fingerprint density at radius 2 is 1.84 bits per heavy atom. The van der Waals surface area contributed by atoms with Gasteiger partial charge in [-0.1, -0.05) is 12.1 Å². The number of carbonyl (C=O) groups is 1. The summed E-state index contributed by atoms with van der Waals surface area (Å²) in [6.45, 7) is 4.07. The van der Waals surface area contributed by atoms with E-state index in [0.717, 1.165) is 40.1 Å². The van der Waals surface area contributed by atoms with Crippen molar-refractivity contribution in [3.05, 3.63) is 59.1 Å². The van der Waals surface area contributed by atoms with Gasteiger partial charge in [0.25, 0.3) is 5.91 Å². The van der Waals surface area contributed by atoms with E-state index >= 15 is 0 Å². The highest BCUT2D eigenvalue weighted by molar-refractivity contribution is 7.21. The maximum Gasteiger partial charge on any atom is 0.267 e. The van der Waals surface area contributed by atoms with Crippen LogP contribution >= 0.6 is 11.3 Å². The van der Waals surface area contributed by atoms with Crippen LogP contribution in [0.25, 0.3) is 21.0 Å². The number of amides is 1. The van der Waals surface area contributed by atoms with Crippen LogP contribution in [0.2, 0.25) is 0 Å². The molecule has 4 aromatic rings. The number of hydrogen-bond donors (Lipinski definition) is 3. The molecule has 4 heterocycles. The fraction of sp³-hybridized carbons (Fsp3) is 0.280. The fourth-order valence-corrected chi connectivity index (χ4v) is 6.00. The number of nitrogens with one attached hydrogen (secondary N) is 2. The van der Waals surface area contributed by atoms with Crippen molar-refractivity contribution in [2.24, 2.45) is 0 Å². The van der Waals surface area contributed by atoms with Crippen LogP contribution in [0.4, 0.5) is 17.1 Å². The quantitative estimate of drug-likeness (QED) is 0.433. The number of piperazine rings is 1. The van der Waals surface area contributed by atoms with E-state index in [4.69, 9.17) is 5.73 Å². The molecule has 6 rings (SSSR count). The molecule has 2 saturated heterocycles. The molecule has 32 heavy (non-hydrogen) atoms. The van der Waals surface area contributed by atoms with E-state index in [1.54, 1.807) is 0 Å². The van der Waals surface area contributed by atoms with Gasteiger partial charge < -0.3 is 21.3 Å². The van der Waals surface area contributed by atoms with Gasteiger partial charge in [0.1, 0.15) is 9.71 Å². The minimum Gasteiger partial charge on any atom is -0.397 e. The van der Waals surface area contributed by atoms with Gasteiger partial charge in [-0.05, 0) is 66.9 Å². The van der Waals surface area contributed by atoms with Crippen molar-refractivity contribution in [1.29, 1.82) is 0 Å². The van der Waals surface area contributed by atoms with E-state index in [1.165, 1.54) is 35.3 Å². The second-order valence-electron chi connectivity index (χ2n) is 8.89. The van der Waals surface area contributed by atoms with E-state index in [-0.39, 0.29) is 5.91 Å². The number of hydrogen-bond acceptors (Lipinski definition) is 6. The summed E-state index contributed by atoms with van der Waals surface area (Å²) < 4.78 is 0. The van der Waals surface area contributed by atoms with Crippen molar-refractivity contribution in [2.45, 2.75) is 31.8 Å². The zero-order valence-corrected chi connectivity index (χ0v) is 18.7. The second-order valence-corrected chi connectivity index (χ2v) is 9.89. The molecule has 2 aromatic carbocycles. The van der Waals surface area contributed by atoms with Crippen LogP contribution in [0.5, 0.6) is 0 Å². The molecular weight excluding hydrogens is 418 g/mol. The van der Waals surface area contributed by atoms with Crippen LogP contribution in [0, 0.1) is 6.92 Å². The van der Waals surface area contributed by atoms with E-state index in [9.17, 15) is 4.79 Å². The van der Waals surface area contributed by atoms with Crippen LogP contribution in [-0.2, 0) is 0 Å². The summed E-state index contributed by atoms with van der Waals surface area (Å²) in [7, 11) is 0. The Balaban J connectivity index is 1.24. The lowest BCUT2D eigenvalue weighted by Crippen LogP contribution is -2.51. The van der Waals surface area contributed by atoms with Crippen molar-refractivity contribution in [2.75, 3.05) is 29.0 Å². The summed E-state index contributed by atoms with van der Waals surface area (Å²) in [5.41, 5.74) is 9.68. The Hall–Kier alpha value is -3.16. The van der Waals surface area contributed by atoms with Crippen molar-refractivity contribution in [3.63, 3.8) is 0 Å². The van der Waals surface area contributed by atoms with Gasteiger partial charge in [-0.15, -0.1) is 11.3 Å². The van der Waals surface area contributed by atoms with Crippen LogP contribution in [0.3, 0.4) is 0 Å². The maximum absolute atomic E-state index is 12.9. The van der Waals surface area contributed by atoms with Crippen molar-refractivity contribution in [3.8, 4) is 0 Å². The number of nitrogens with zero attached hydrogens (tertiary/aromatic N) is 2. The van der Waals surface area contributed by atoms with Gasteiger partial charge in [0.2, 0.25) is 0 Å². The molecule has 0 aliphatic carbocycles. The first kappa shape index (κ1) is 19.5. The van der Waals surface area contributed by atoms with Crippen LogP contribution < -0.4 is 21.3 Å². The minimum atomic E-state index is -0.199. The molecule has 2 aliphatic rings. The number of thiophene rings is 1. The zero-order valence-electron chi connectivity index (χ0n) is 17.9. The highest BCUT2D eigenvalue weighted by atomic mass is 32.1. The molecule has 0 saturated carbocycles. The monoisotopic (exact) mass is 443 g/mol. The molecule has 2 bridgehead atoms.